The second-order valence-corrected chi connectivity index (χ2v) is 5.66. The van der Waals surface area contributed by atoms with E-state index in [0.717, 1.165) is 18.5 Å². The maximum absolute atomic E-state index is 12.0. The number of nitrogens with zero attached hydrogens (tertiary/aromatic N) is 2. The monoisotopic (exact) mass is 339 g/mol. The lowest BCUT2D eigenvalue weighted by Gasteiger charge is -2.25. The van der Waals surface area contributed by atoms with Crippen molar-refractivity contribution in [3.8, 4) is 0 Å². The van der Waals surface area contributed by atoms with Crippen LogP contribution in [0.4, 0.5) is 0 Å². The molecule has 24 heavy (non-hydrogen) atoms. The first kappa shape index (κ1) is 19.6. The molecule has 1 aromatic rings. The Morgan fingerprint density at radius 1 is 1.42 bits per heavy atom. The maximum Gasteiger partial charge on any atom is 0.290 e. The summed E-state index contributed by atoms with van der Waals surface area (Å²) in [4.78, 5) is 33.5. The van der Waals surface area contributed by atoms with Crippen molar-refractivity contribution in [3.63, 3.8) is 0 Å². The van der Waals surface area contributed by atoms with Crippen molar-refractivity contribution in [1.29, 1.82) is 0 Å². The van der Waals surface area contributed by atoms with Gasteiger partial charge in [0.05, 0.1) is 12.2 Å². The van der Waals surface area contributed by atoms with Gasteiger partial charge in [-0.25, -0.2) is 0 Å². The third-order valence-electron chi connectivity index (χ3n) is 4.03. The first-order valence-electron chi connectivity index (χ1n) is 7.77. The Morgan fingerprint density at radius 2 is 2.08 bits per heavy atom. The molecule has 1 saturated heterocycles. The predicted molar refractivity (Wildman–Crippen MR) is 87.0 cm³/mol. The zero-order chi connectivity index (χ0) is 17.9. The van der Waals surface area contributed by atoms with Gasteiger partial charge in [-0.2, -0.15) is 5.10 Å². The molecule has 0 radical (unpaired) electrons. The van der Waals surface area contributed by atoms with Gasteiger partial charge in [0, 0.05) is 38.2 Å². The number of hydrogen-bond donors (Lipinski definition) is 4. The summed E-state index contributed by atoms with van der Waals surface area (Å²) in [7, 11) is 2.02. The molecule has 0 spiro atoms. The number of likely N-dealkylation sites (N-methyl/N-ethyl adjacent to an activating group) is 1. The van der Waals surface area contributed by atoms with Crippen LogP contribution in [0.2, 0.25) is 0 Å². The highest BCUT2D eigenvalue weighted by Crippen LogP contribution is 2.24. The van der Waals surface area contributed by atoms with E-state index in [0.29, 0.717) is 25.6 Å². The van der Waals surface area contributed by atoms with E-state index in [9.17, 15) is 9.59 Å². The molecule has 2 amide bonds. The van der Waals surface area contributed by atoms with Gasteiger partial charge in [-0.1, -0.05) is 0 Å². The number of carbonyl (C=O) groups is 3. The van der Waals surface area contributed by atoms with Crippen molar-refractivity contribution in [2.45, 2.75) is 44.8 Å². The Hall–Kier alpha value is -2.42. The number of likely N-dealkylation sites (tertiary alicyclic amines) is 1. The number of carboxylic acid groups (broad SMARTS) is 1. The van der Waals surface area contributed by atoms with Crippen LogP contribution in [0, 0.1) is 0 Å². The Balaban J connectivity index is 0.000000891. The molecule has 2 rings (SSSR count). The van der Waals surface area contributed by atoms with E-state index >= 15 is 0 Å². The van der Waals surface area contributed by atoms with E-state index in [4.69, 9.17) is 9.90 Å². The highest BCUT2D eigenvalue weighted by atomic mass is 16.3. The van der Waals surface area contributed by atoms with Crippen LogP contribution >= 0.6 is 0 Å². The highest BCUT2D eigenvalue weighted by molar-refractivity contribution is 5.76. The number of carbonyl (C=O) groups excluding carboxylic acids is 2. The molecule has 0 aromatic carbocycles. The first-order valence-corrected chi connectivity index (χ1v) is 7.77. The van der Waals surface area contributed by atoms with Crippen LogP contribution in [0.15, 0.2) is 12.3 Å². The van der Waals surface area contributed by atoms with Crippen molar-refractivity contribution in [2.24, 2.45) is 0 Å². The number of nitrogens with one attached hydrogen (secondary N) is 3. The number of H-pyrrole nitrogens is 1. The minimum Gasteiger partial charge on any atom is -0.483 e. The van der Waals surface area contributed by atoms with Gasteiger partial charge in [-0.3, -0.25) is 24.4 Å². The van der Waals surface area contributed by atoms with Crippen molar-refractivity contribution >= 4 is 18.3 Å². The lowest BCUT2D eigenvalue weighted by molar-refractivity contribution is -0.123. The second-order valence-electron chi connectivity index (χ2n) is 5.66. The van der Waals surface area contributed by atoms with E-state index in [-0.39, 0.29) is 24.3 Å². The summed E-state index contributed by atoms with van der Waals surface area (Å²) in [6.07, 6.45) is 4.15. The topological polar surface area (TPSA) is 127 Å². The number of amides is 2. The van der Waals surface area contributed by atoms with Gasteiger partial charge >= 0.3 is 0 Å². The van der Waals surface area contributed by atoms with Gasteiger partial charge in [-0.05, 0) is 26.0 Å². The maximum atomic E-state index is 12.0. The average molecular weight is 339 g/mol. The molecule has 0 saturated carbocycles. The van der Waals surface area contributed by atoms with Gasteiger partial charge in [0.15, 0.2) is 0 Å². The molecule has 1 fully saturated rings. The molecule has 9 nitrogen and oxygen atoms in total. The number of hydrogen-bond acceptors (Lipinski definition) is 5. The molecule has 1 aromatic heterocycles. The molecule has 1 aliphatic heterocycles. The van der Waals surface area contributed by atoms with Crippen LogP contribution in [0.1, 0.15) is 31.9 Å². The van der Waals surface area contributed by atoms with Crippen LogP contribution < -0.4 is 10.6 Å². The Morgan fingerprint density at radius 3 is 2.67 bits per heavy atom. The number of aromatic amines is 1. The van der Waals surface area contributed by atoms with Gasteiger partial charge < -0.3 is 15.7 Å². The normalized spacial score (nSPS) is 19.9. The summed E-state index contributed by atoms with van der Waals surface area (Å²) in [5.41, 5.74) is 0.895. The van der Waals surface area contributed by atoms with E-state index in [1.165, 1.54) is 6.92 Å². The van der Waals surface area contributed by atoms with Crippen molar-refractivity contribution < 1.29 is 19.5 Å². The van der Waals surface area contributed by atoms with Crippen molar-refractivity contribution in [3.05, 3.63) is 18.0 Å². The van der Waals surface area contributed by atoms with Gasteiger partial charge in [0.1, 0.15) is 0 Å². The van der Waals surface area contributed by atoms with Crippen LogP contribution in [0.5, 0.6) is 0 Å². The van der Waals surface area contributed by atoms with Crippen LogP contribution in [-0.2, 0) is 20.9 Å². The fraction of sp³-hybridized carbons (Fsp3) is 0.600. The largest absolute Gasteiger partial charge is 0.483 e. The summed E-state index contributed by atoms with van der Waals surface area (Å²) in [5.74, 6) is 0.0331. The smallest absolute Gasteiger partial charge is 0.290 e. The molecular formula is C15H25N5O4. The Labute approximate surface area is 140 Å². The minimum atomic E-state index is -0.250. The summed E-state index contributed by atoms with van der Waals surface area (Å²) in [5, 5.41) is 19.3. The minimum absolute atomic E-state index is 0.0100. The third-order valence-corrected chi connectivity index (χ3v) is 4.03. The number of aromatic nitrogens is 2. The Kier molecular flexibility index (Phi) is 8.48. The molecule has 2 atom stereocenters. The molecule has 134 valence electrons. The van der Waals surface area contributed by atoms with Crippen molar-refractivity contribution in [2.75, 3.05) is 13.6 Å². The number of rotatable bonds is 6. The van der Waals surface area contributed by atoms with Gasteiger partial charge in [0.2, 0.25) is 11.8 Å². The van der Waals surface area contributed by atoms with Crippen LogP contribution in [0.3, 0.4) is 0 Å². The molecule has 9 heteroatoms. The lowest BCUT2D eigenvalue weighted by Crippen LogP contribution is -2.41. The quantitative estimate of drug-likeness (QED) is 0.528. The summed E-state index contributed by atoms with van der Waals surface area (Å²) in [6.45, 7) is 2.40. The summed E-state index contributed by atoms with van der Waals surface area (Å²) in [6, 6.07) is 2.40. The summed E-state index contributed by atoms with van der Waals surface area (Å²) < 4.78 is 0. The SMILES string of the molecule is CC(=O)NC[C@H]1CC[C@@H](CC(=O)NCc2ccn[nH]2)N1C.O=CO. The fourth-order valence-corrected chi connectivity index (χ4v) is 2.71. The zero-order valence-corrected chi connectivity index (χ0v) is 14.0. The average Bonchev–Trinajstić information content (AvgIpc) is 3.15. The highest BCUT2D eigenvalue weighted by Gasteiger charge is 2.31. The third kappa shape index (κ3) is 6.78. The molecule has 2 heterocycles. The fourth-order valence-electron chi connectivity index (χ4n) is 2.71. The van der Waals surface area contributed by atoms with Crippen LogP contribution in [0.25, 0.3) is 0 Å². The molecule has 0 bridgehead atoms. The second kappa shape index (κ2) is 10.4. The van der Waals surface area contributed by atoms with E-state index in [1.807, 2.05) is 13.1 Å². The van der Waals surface area contributed by atoms with Gasteiger partial charge in [0.25, 0.3) is 6.47 Å². The molecule has 1 aliphatic rings. The molecule has 0 aliphatic carbocycles. The van der Waals surface area contributed by atoms with E-state index in [2.05, 4.69) is 25.7 Å². The molecular weight excluding hydrogens is 314 g/mol. The first-order chi connectivity index (χ1) is 11.5. The lowest BCUT2D eigenvalue weighted by atomic mass is 10.1. The van der Waals surface area contributed by atoms with E-state index < -0.39 is 0 Å². The van der Waals surface area contributed by atoms with Gasteiger partial charge in [-0.15, -0.1) is 0 Å². The standard InChI is InChI=1S/C14H23N5O2.CH2O2/c1-10(20)15-9-13-4-3-12(19(13)2)7-14(21)16-8-11-5-6-17-18-11;2-1-3/h5-6,12-13H,3-4,7-9H2,1-2H3,(H,15,20)(H,16,21)(H,17,18);1H,(H,2,3)/t12-,13+;/m0./s1. The molecule has 4 N–H and O–H groups in total. The Bertz CT molecular complexity index is 520. The van der Waals surface area contributed by atoms with Crippen molar-refractivity contribution in [1.82, 2.24) is 25.7 Å². The van der Waals surface area contributed by atoms with Crippen LogP contribution in [-0.4, -0.2) is 64.2 Å². The predicted octanol–water partition coefficient (Wildman–Crippen LogP) is -0.284. The summed E-state index contributed by atoms with van der Waals surface area (Å²) >= 11 is 0. The zero-order valence-electron chi connectivity index (χ0n) is 14.0. The molecule has 0 unspecified atom stereocenters. The van der Waals surface area contributed by atoms with E-state index in [1.54, 1.807) is 6.20 Å².